The number of hydrogen-bond donors (Lipinski definition) is 1. The van der Waals surface area contributed by atoms with E-state index in [0.29, 0.717) is 5.33 Å². The molecule has 0 aliphatic rings. The predicted octanol–water partition coefficient (Wildman–Crippen LogP) is 2.45. The number of rotatable bonds is 2. The lowest BCUT2D eigenvalue weighted by Crippen LogP contribution is -2.45. The smallest absolute Gasteiger partial charge is 0.148 e. The number of alkyl halides is 2. The maximum atomic E-state index is 9.81. The van der Waals surface area contributed by atoms with Crippen LogP contribution >= 0.6 is 31.9 Å². The van der Waals surface area contributed by atoms with Crippen LogP contribution < -0.4 is 0 Å². The van der Waals surface area contributed by atoms with Crippen LogP contribution in [-0.2, 0) is 0 Å². The molecule has 2 nitrogen and oxygen atoms in total. The molecule has 0 spiro atoms. The summed E-state index contributed by atoms with van der Waals surface area (Å²) in [4.78, 5) is 0. The molecule has 12 heavy (non-hydrogen) atoms. The molecule has 2 unspecified atom stereocenters. The lowest BCUT2D eigenvalue weighted by Gasteiger charge is -2.34. The number of hydrogen-bond acceptors (Lipinski definition) is 2. The summed E-state index contributed by atoms with van der Waals surface area (Å²) in [6.07, 6.45) is -0.700. The number of halogens is 2. The summed E-state index contributed by atoms with van der Waals surface area (Å²) >= 11 is 6.42. The first-order chi connectivity index (χ1) is 5.28. The van der Waals surface area contributed by atoms with Crippen LogP contribution in [-0.4, -0.2) is 20.9 Å². The van der Waals surface area contributed by atoms with E-state index in [1.807, 2.05) is 20.8 Å². The molecule has 0 aromatic carbocycles. The summed E-state index contributed by atoms with van der Waals surface area (Å²) in [5.41, 5.74) is -0.299. The number of aliphatic hydroxyl groups is 1. The van der Waals surface area contributed by atoms with Crippen molar-refractivity contribution in [2.24, 2.45) is 5.41 Å². The van der Waals surface area contributed by atoms with Crippen LogP contribution in [0.5, 0.6) is 0 Å². The van der Waals surface area contributed by atoms with Gasteiger partial charge in [0, 0.05) is 5.33 Å². The third-order valence-electron chi connectivity index (χ3n) is 1.63. The third-order valence-corrected chi connectivity index (χ3v) is 4.16. The van der Waals surface area contributed by atoms with E-state index in [-0.39, 0.29) is 5.41 Å². The van der Waals surface area contributed by atoms with Gasteiger partial charge in [-0.05, 0) is 5.41 Å². The van der Waals surface area contributed by atoms with E-state index in [0.717, 1.165) is 0 Å². The quantitative estimate of drug-likeness (QED) is 0.796. The molecule has 1 N–H and O–H groups in total. The molecule has 0 aromatic rings. The van der Waals surface area contributed by atoms with E-state index in [1.54, 1.807) is 0 Å². The Morgan fingerprint density at radius 2 is 1.92 bits per heavy atom. The van der Waals surface area contributed by atoms with Crippen LogP contribution in [0.2, 0.25) is 0 Å². The lowest BCUT2D eigenvalue weighted by atomic mass is 9.82. The minimum Gasteiger partial charge on any atom is -0.390 e. The molecule has 0 aromatic heterocycles. The summed E-state index contributed by atoms with van der Waals surface area (Å²) in [6, 6.07) is 2.05. The van der Waals surface area contributed by atoms with Crippen LogP contribution in [0.25, 0.3) is 0 Å². The van der Waals surface area contributed by atoms with Gasteiger partial charge in [0.15, 0.2) is 0 Å². The molecular weight excluding hydrogens is 286 g/mol. The average Bonchev–Trinajstić information content (AvgIpc) is 2.00. The van der Waals surface area contributed by atoms with E-state index >= 15 is 0 Å². The lowest BCUT2D eigenvalue weighted by molar-refractivity contribution is 0.0514. The standard InChI is InChI=1S/C8H13Br2NO/c1-7(2,3)6(12)8(10,4-9)5-11/h6,12H,4H2,1-3H3. The van der Waals surface area contributed by atoms with Gasteiger partial charge in [-0.3, -0.25) is 0 Å². The minimum absolute atomic E-state index is 0.299. The molecule has 2 atom stereocenters. The van der Waals surface area contributed by atoms with Crippen LogP contribution in [0.1, 0.15) is 20.8 Å². The van der Waals surface area contributed by atoms with E-state index < -0.39 is 10.4 Å². The fourth-order valence-corrected chi connectivity index (χ4v) is 1.97. The third kappa shape index (κ3) is 2.72. The Morgan fingerprint density at radius 1 is 1.50 bits per heavy atom. The van der Waals surface area contributed by atoms with Crippen molar-refractivity contribution in [2.45, 2.75) is 31.2 Å². The molecule has 0 saturated carbocycles. The van der Waals surface area contributed by atoms with Gasteiger partial charge in [-0.25, -0.2) is 0 Å². The van der Waals surface area contributed by atoms with Crippen molar-refractivity contribution in [1.82, 2.24) is 0 Å². The first-order valence-corrected chi connectivity index (χ1v) is 5.53. The molecule has 0 aliphatic heterocycles. The molecule has 0 bridgehead atoms. The zero-order valence-electron chi connectivity index (χ0n) is 7.43. The van der Waals surface area contributed by atoms with Gasteiger partial charge in [-0.15, -0.1) is 0 Å². The highest BCUT2D eigenvalue weighted by Gasteiger charge is 2.41. The Bertz CT molecular complexity index is 194. The van der Waals surface area contributed by atoms with Crippen molar-refractivity contribution in [3.8, 4) is 6.07 Å². The summed E-state index contributed by atoms with van der Waals surface area (Å²) in [5.74, 6) is 0. The topological polar surface area (TPSA) is 44.0 Å². The Hall–Kier alpha value is 0.410. The number of nitrogens with zero attached hydrogens (tertiary/aromatic N) is 1. The van der Waals surface area contributed by atoms with Gasteiger partial charge in [-0.1, -0.05) is 52.6 Å². The predicted molar refractivity (Wildman–Crippen MR) is 56.5 cm³/mol. The Kier molecular flexibility index (Phi) is 4.22. The van der Waals surface area contributed by atoms with E-state index in [9.17, 15) is 5.11 Å². The maximum Gasteiger partial charge on any atom is 0.148 e. The van der Waals surface area contributed by atoms with Gasteiger partial charge in [0.1, 0.15) is 4.32 Å². The zero-order chi connectivity index (χ0) is 9.99. The normalized spacial score (nSPS) is 19.4. The average molecular weight is 299 g/mol. The van der Waals surface area contributed by atoms with Gasteiger partial charge in [0.25, 0.3) is 0 Å². The molecule has 0 saturated heterocycles. The second-order valence-electron chi connectivity index (χ2n) is 3.88. The summed E-state index contributed by atoms with van der Waals surface area (Å²) in [5, 5.41) is 19.0. The fraction of sp³-hybridized carbons (Fsp3) is 0.875. The molecule has 4 heteroatoms. The molecular formula is C8H13Br2NO. The summed E-state index contributed by atoms with van der Waals surface area (Å²) < 4.78 is -0.884. The largest absolute Gasteiger partial charge is 0.390 e. The molecule has 70 valence electrons. The highest BCUT2D eigenvalue weighted by Crippen LogP contribution is 2.34. The van der Waals surface area contributed by atoms with E-state index in [2.05, 4.69) is 37.9 Å². The fourth-order valence-electron chi connectivity index (χ4n) is 0.850. The minimum atomic E-state index is -0.884. The van der Waals surface area contributed by atoms with Gasteiger partial charge < -0.3 is 5.11 Å². The first kappa shape index (κ1) is 12.4. The second kappa shape index (κ2) is 4.08. The molecule has 0 radical (unpaired) electrons. The van der Waals surface area contributed by atoms with Crippen molar-refractivity contribution in [3.05, 3.63) is 0 Å². The monoisotopic (exact) mass is 297 g/mol. The van der Waals surface area contributed by atoms with Crippen molar-refractivity contribution < 1.29 is 5.11 Å². The van der Waals surface area contributed by atoms with E-state index in [1.165, 1.54) is 0 Å². The van der Waals surface area contributed by atoms with Crippen molar-refractivity contribution in [1.29, 1.82) is 5.26 Å². The number of aliphatic hydroxyl groups excluding tert-OH is 1. The Balaban J connectivity index is 4.68. The Morgan fingerprint density at radius 3 is 2.00 bits per heavy atom. The van der Waals surface area contributed by atoms with Gasteiger partial charge >= 0.3 is 0 Å². The maximum absolute atomic E-state index is 9.81. The van der Waals surface area contributed by atoms with Crippen molar-refractivity contribution in [3.63, 3.8) is 0 Å². The van der Waals surface area contributed by atoms with E-state index in [4.69, 9.17) is 5.26 Å². The van der Waals surface area contributed by atoms with Crippen LogP contribution in [0.15, 0.2) is 0 Å². The summed E-state index contributed by atoms with van der Waals surface area (Å²) in [6.45, 7) is 5.69. The first-order valence-electron chi connectivity index (χ1n) is 3.62. The second-order valence-corrected chi connectivity index (χ2v) is 5.85. The highest BCUT2D eigenvalue weighted by molar-refractivity contribution is 9.12. The Labute approximate surface area is 90.2 Å². The van der Waals surface area contributed by atoms with Crippen LogP contribution in [0.4, 0.5) is 0 Å². The van der Waals surface area contributed by atoms with Crippen LogP contribution in [0.3, 0.4) is 0 Å². The SMILES string of the molecule is CC(C)(C)C(O)C(Br)(C#N)CBr. The van der Waals surface area contributed by atoms with Crippen molar-refractivity contribution in [2.75, 3.05) is 5.33 Å². The molecule has 0 heterocycles. The molecule has 0 fully saturated rings. The highest BCUT2D eigenvalue weighted by atomic mass is 79.9. The van der Waals surface area contributed by atoms with Gasteiger partial charge in [0.2, 0.25) is 0 Å². The van der Waals surface area contributed by atoms with Crippen LogP contribution in [0, 0.1) is 16.7 Å². The van der Waals surface area contributed by atoms with Gasteiger partial charge in [-0.2, -0.15) is 5.26 Å². The number of nitriles is 1. The molecule has 0 amide bonds. The summed E-state index contributed by atoms with van der Waals surface area (Å²) in [7, 11) is 0. The zero-order valence-corrected chi connectivity index (χ0v) is 10.6. The van der Waals surface area contributed by atoms with Gasteiger partial charge in [0.05, 0.1) is 12.2 Å². The molecule has 0 rings (SSSR count). The molecule has 0 aliphatic carbocycles. The van der Waals surface area contributed by atoms with Crippen molar-refractivity contribution >= 4 is 31.9 Å².